The van der Waals surface area contributed by atoms with Crippen molar-refractivity contribution in [1.29, 1.82) is 0 Å². The maximum atomic E-state index is 13.2. The van der Waals surface area contributed by atoms with E-state index in [-0.39, 0.29) is 19.0 Å². The molecule has 4 nitrogen and oxygen atoms in total. The first-order valence-corrected chi connectivity index (χ1v) is 12.8. The van der Waals surface area contributed by atoms with Gasteiger partial charge in [-0.2, -0.15) is 0 Å². The number of halogens is 2. The summed E-state index contributed by atoms with van der Waals surface area (Å²) < 4.78 is 9.09. The molecule has 1 aliphatic carbocycles. The summed E-state index contributed by atoms with van der Waals surface area (Å²) in [4.78, 5) is 13.2. The quantitative estimate of drug-likeness (QED) is 0.134. The van der Waals surface area contributed by atoms with Crippen LogP contribution in [0.4, 0.5) is 0 Å². The van der Waals surface area contributed by atoms with Crippen molar-refractivity contribution < 1.29 is 14.6 Å². The van der Waals surface area contributed by atoms with Crippen LogP contribution in [0.3, 0.4) is 0 Å². The molecule has 0 saturated heterocycles. The fraction of sp³-hybridized carbons (Fsp3) is 0.296. The molecule has 170 valence electrons. The van der Waals surface area contributed by atoms with Crippen LogP contribution in [0.15, 0.2) is 54.7 Å². The molecule has 1 saturated carbocycles. The lowest BCUT2D eigenvalue weighted by Gasteiger charge is -2.09. The van der Waals surface area contributed by atoms with Crippen LogP contribution in [0.5, 0.6) is 5.75 Å². The van der Waals surface area contributed by atoms with Gasteiger partial charge in [-0.15, -0.1) is 0 Å². The third-order valence-corrected chi connectivity index (χ3v) is 7.35. The average molecular weight is 574 g/mol. The fourth-order valence-corrected chi connectivity index (χ4v) is 5.16. The number of ketones is 1. The predicted octanol–water partition coefficient (Wildman–Crippen LogP) is 6.96. The molecule has 33 heavy (non-hydrogen) atoms. The lowest BCUT2D eigenvalue weighted by molar-refractivity contribution is 0.0922. The summed E-state index contributed by atoms with van der Waals surface area (Å²) in [6, 6.07) is 16.2. The van der Waals surface area contributed by atoms with Gasteiger partial charge in [-0.3, -0.25) is 4.79 Å². The maximum Gasteiger partial charge on any atom is 0.202 e. The van der Waals surface area contributed by atoms with Gasteiger partial charge < -0.3 is 14.4 Å². The van der Waals surface area contributed by atoms with Gasteiger partial charge in [-0.25, -0.2) is 0 Å². The number of aryl methyl sites for hydroxylation is 1. The standard InChI is InChI=1S/C27H25ClINO3/c28-21-7-5-19-14-27(24(29)12-20(19)11-21)33-16-26(32)23-15-30(9-1-2-10-31)25-13-18(17-3-4-17)6-8-22(23)25/h5-8,11-15,17,31H,1-4,9-10,16H2. The number of hydrogen-bond acceptors (Lipinski definition) is 3. The van der Waals surface area contributed by atoms with Crippen LogP contribution in [0.2, 0.25) is 5.02 Å². The first kappa shape index (κ1) is 22.7. The van der Waals surface area contributed by atoms with Crippen LogP contribution in [-0.4, -0.2) is 28.7 Å². The third-order valence-electron chi connectivity index (χ3n) is 6.27. The molecule has 1 aromatic heterocycles. The number of Topliss-reactive ketones (excluding diaryl/α,β-unsaturated/α-hetero) is 1. The number of rotatable bonds is 9. The van der Waals surface area contributed by atoms with Crippen molar-refractivity contribution in [3.8, 4) is 5.75 Å². The summed E-state index contributed by atoms with van der Waals surface area (Å²) in [5.74, 6) is 1.32. The van der Waals surface area contributed by atoms with Gasteiger partial charge in [0.1, 0.15) is 5.75 Å². The van der Waals surface area contributed by atoms with Crippen molar-refractivity contribution in [2.45, 2.75) is 38.1 Å². The molecule has 0 unspecified atom stereocenters. The number of benzene rings is 3. The summed E-state index contributed by atoms with van der Waals surface area (Å²) >= 11 is 8.34. The van der Waals surface area contributed by atoms with Crippen LogP contribution in [0.1, 0.15) is 47.5 Å². The number of fused-ring (bicyclic) bond motifs is 2. The van der Waals surface area contributed by atoms with E-state index in [0.717, 1.165) is 44.6 Å². The highest BCUT2D eigenvalue weighted by atomic mass is 127. The number of carbonyl (C=O) groups is 1. The summed E-state index contributed by atoms with van der Waals surface area (Å²) in [5.41, 5.74) is 3.14. The number of hydrogen-bond donors (Lipinski definition) is 1. The van der Waals surface area contributed by atoms with Gasteiger partial charge in [-0.1, -0.05) is 29.8 Å². The summed E-state index contributed by atoms with van der Waals surface area (Å²) in [5, 5.41) is 12.9. The molecule has 0 radical (unpaired) electrons. The SMILES string of the molecule is O=C(COc1cc2ccc(Cl)cc2cc1I)c1cn(CCCCO)c2cc(C3CC3)ccc12. The van der Waals surface area contributed by atoms with Crippen molar-refractivity contribution in [2.24, 2.45) is 0 Å². The van der Waals surface area contributed by atoms with Crippen molar-refractivity contribution in [2.75, 3.05) is 13.2 Å². The molecule has 0 amide bonds. The molecule has 1 heterocycles. The van der Waals surface area contributed by atoms with Gasteiger partial charge in [0.05, 0.1) is 3.57 Å². The van der Waals surface area contributed by atoms with Crippen LogP contribution in [-0.2, 0) is 6.54 Å². The van der Waals surface area contributed by atoms with Crippen molar-refractivity contribution in [3.05, 3.63) is 74.4 Å². The first-order valence-electron chi connectivity index (χ1n) is 11.3. The maximum absolute atomic E-state index is 13.2. The van der Waals surface area contributed by atoms with Crippen molar-refractivity contribution in [1.82, 2.24) is 4.57 Å². The van der Waals surface area contributed by atoms with E-state index >= 15 is 0 Å². The van der Waals surface area contributed by atoms with E-state index in [1.165, 1.54) is 18.4 Å². The number of aromatic nitrogens is 1. The Kier molecular flexibility index (Phi) is 6.63. The van der Waals surface area contributed by atoms with E-state index in [1.807, 2.05) is 36.5 Å². The molecule has 1 aliphatic rings. The second kappa shape index (κ2) is 9.65. The van der Waals surface area contributed by atoms with Gasteiger partial charge in [0.2, 0.25) is 5.78 Å². The van der Waals surface area contributed by atoms with Crippen LogP contribution >= 0.6 is 34.2 Å². The Hall–Kier alpha value is -2.09. The van der Waals surface area contributed by atoms with Crippen LogP contribution < -0.4 is 4.74 Å². The number of aliphatic hydroxyl groups is 1. The normalized spacial score (nSPS) is 13.7. The molecule has 1 N–H and O–H groups in total. The van der Waals surface area contributed by atoms with E-state index in [9.17, 15) is 4.79 Å². The zero-order chi connectivity index (χ0) is 22.9. The minimum absolute atomic E-state index is 0.0186. The van der Waals surface area contributed by atoms with Crippen LogP contribution in [0.25, 0.3) is 21.7 Å². The highest BCUT2D eigenvalue weighted by Gasteiger charge is 2.25. The Morgan fingerprint density at radius 2 is 1.94 bits per heavy atom. The molecule has 4 aromatic rings. The molecule has 3 aromatic carbocycles. The van der Waals surface area contributed by atoms with Crippen molar-refractivity contribution in [3.63, 3.8) is 0 Å². The lowest BCUT2D eigenvalue weighted by Crippen LogP contribution is -2.12. The first-order chi connectivity index (χ1) is 16.0. The molecule has 5 rings (SSSR count). The van der Waals surface area contributed by atoms with E-state index in [2.05, 4.69) is 45.4 Å². The minimum Gasteiger partial charge on any atom is -0.484 e. The number of ether oxygens (including phenoxy) is 1. The highest BCUT2D eigenvalue weighted by Crippen LogP contribution is 2.41. The Balaban J connectivity index is 1.40. The Bertz CT molecular complexity index is 1340. The smallest absolute Gasteiger partial charge is 0.202 e. The molecule has 0 atom stereocenters. The minimum atomic E-state index is -0.0351. The number of nitrogens with zero attached hydrogens (tertiary/aromatic N) is 1. The summed E-state index contributed by atoms with van der Waals surface area (Å²) in [7, 11) is 0. The van der Waals surface area contributed by atoms with E-state index in [0.29, 0.717) is 22.3 Å². The number of carbonyl (C=O) groups excluding carboxylic acids is 1. The molecule has 0 bridgehead atoms. The van der Waals surface area contributed by atoms with Gasteiger partial charge >= 0.3 is 0 Å². The van der Waals surface area contributed by atoms with Crippen LogP contribution in [0, 0.1) is 3.57 Å². The summed E-state index contributed by atoms with van der Waals surface area (Å²) in [6.07, 6.45) is 6.06. The molecular formula is C27H25ClINO3. The Labute approximate surface area is 211 Å². The zero-order valence-corrected chi connectivity index (χ0v) is 21.1. The Morgan fingerprint density at radius 1 is 1.09 bits per heavy atom. The molecule has 6 heteroatoms. The lowest BCUT2D eigenvalue weighted by atomic mass is 10.1. The second-order valence-electron chi connectivity index (χ2n) is 8.70. The summed E-state index contributed by atoms with van der Waals surface area (Å²) in [6.45, 7) is 0.947. The van der Waals surface area contributed by atoms with Gasteiger partial charge in [-0.05, 0) is 101 Å². The van der Waals surface area contributed by atoms with Crippen molar-refractivity contribution >= 4 is 61.7 Å². The molecular weight excluding hydrogens is 549 g/mol. The Morgan fingerprint density at radius 3 is 2.73 bits per heavy atom. The second-order valence-corrected chi connectivity index (χ2v) is 10.3. The molecule has 1 fully saturated rings. The van der Waals surface area contributed by atoms with E-state index in [1.54, 1.807) is 0 Å². The van der Waals surface area contributed by atoms with Gasteiger partial charge in [0, 0.05) is 40.8 Å². The highest BCUT2D eigenvalue weighted by molar-refractivity contribution is 14.1. The average Bonchev–Trinajstić information content (AvgIpc) is 3.60. The fourth-order valence-electron chi connectivity index (χ4n) is 4.33. The zero-order valence-electron chi connectivity index (χ0n) is 18.2. The molecule has 0 spiro atoms. The topological polar surface area (TPSA) is 51.5 Å². The largest absolute Gasteiger partial charge is 0.484 e. The van der Waals surface area contributed by atoms with Gasteiger partial charge in [0.15, 0.2) is 6.61 Å². The van der Waals surface area contributed by atoms with E-state index < -0.39 is 0 Å². The third kappa shape index (κ3) is 4.91. The molecule has 0 aliphatic heterocycles. The number of aliphatic hydroxyl groups excluding tert-OH is 1. The van der Waals surface area contributed by atoms with E-state index in [4.69, 9.17) is 21.4 Å². The number of unbranched alkanes of at least 4 members (excludes halogenated alkanes) is 1. The van der Waals surface area contributed by atoms with Gasteiger partial charge in [0.25, 0.3) is 0 Å². The predicted molar refractivity (Wildman–Crippen MR) is 142 cm³/mol. The monoisotopic (exact) mass is 573 g/mol.